The van der Waals surface area contributed by atoms with Crippen LogP contribution in [0.15, 0.2) is 6.07 Å². The molecule has 0 spiro atoms. The molecule has 0 atom stereocenters. The third-order valence-corrected chi connectivity index (χ3v) is 7.08. The fourth-order valence-corrected chi connectivity index (χ4v) is 4.96. The summed E-state index contributed by atoms with van der Waals surface area (Å²) in [6.07, 6.45) is 6.79. The number of ether oxygens (including phenoxy) is 1. The summed E-state index contributed by atoms with van der Waals surface area (Å²) in [5, 5.41) is 9.80. The molecule has 0 aromatic carbocycles. The Morgan fingerprint density at radius 3 is 2.48 bits per heavy atom. The largest absolute Gasteiger partial charge is 0.477 e. The molecule has 2 saturated carbocycles. The van der Waals surface area contributed by atoms with Crippen molar-refractivity contribution in [3.63, 3.8) is 0 Å². The number of hydrogen-bond acceptors (Lipinski definition) is 5. The number of morpholine rings is 1. The Morgan fingerprint density at radius 1 is 1.13 bits per heavy atom. The van der Waals surface area contributed by atoms with Crippen molar-refractivity contribution in [3.8, 4) is 11.8 Å². The minimum atomic E-state index is -1.10. The van der Waals surface area contributed by atoms with E-state index >= 15 is 0 Å². The zero-order chi connectivity index (χ0) is 21.8. The van der Waals surface area contributed by atoms with Crippen LogP contribution in [0.5, 0.6) is 0 Å². The van der Waals surface area contributed by atoms with Crippen molar-refractivity contribution in [2.45, 2.75) is 44.9 Å². The average molecular weight is 445 g/mol. The molecular formula is C23H28N2O5S. The van der Waals surface area contributed by atoms with Gasteiger partial charge in [-0.2, -0.15) is 0 Å². The molecule has 1 N–H and O–H groups in total. The van der Waals surface area contributed by atoms with Crippen molar-refractivity contribution in [2.24, 2.45) is 11.8 Å². The summed E-state index contributed by atoms with van der Waals surface area (Å²) in [5.41, 5.74) is 0.301. The second-order valence-corrected chi connectivity index (χ2v) is 9.48. The number of carbonyl (C=O) groups is 3. The summed E-state index contributed by atoms with van der Waals surface area (Å²) >= 11 is 1.08. The van der Waals surface area contributed by atoms with Gasteiger partial charge in [0.25, 0.3) is 0 Å². The maximum atomic E-state index is 13.5. The molecule has 3 aliphatic rings. The predicted octanol–water partition coefficient (Wildman–Crippen LogP) is 2.98. The molecule has 2 amide bonds. The van der Waals surface area contributed by atoms with E-state index < -0.39 is 5.97 Å². The summed E-state index contributed by atoms with van der Waals surface area (Å²) < 4.78 is 5.32. The van der Waals surface area contributed by atoms with Gasteiger partial charge in [0, 0.05) is 24.9 Å². The first kappa shape index (κ1) is 21.8. The minimum absolute atomic E-state index is 0.0685. The lowest BCUT2D eigenvalue weighted by molar-refractivity contribution is -0.135. The van der Waals surface area contributed by atoms with Crippen molar-refractivity contribution in [2.75, 3.05) is 37.7 Å². The molecule has 8 heteroatoms. The van der Waals surface area contributed by atoms with Crippen LogP contribution in [-0.2, 0) is 14.3 Å². The Morgan fingerprint density at radius 2 is 1.84 bits per heavy atom. The van der Waals surface area contributed by atoms with E-state index in [0.29, 0.717) is 42.8 Å². The number of carboxylic acids is 1. The SMILES string of the molecule is O=C(O)c1sc(C#CC2CC2)cc1N(CC(=O)N1CCOCC1)C(=O)C1CCCCC1. The van der Waals surface area contributed by atoms with E-state index in [1.165, 1.54) is 4.90 Å². The Balaban J connectivity index is 1.63. The first-order valence-corrected chi connectivity index (χ1v) is 11.9. The molecule has 1 saturated heterocycles. The summed E-state index contributed by atoms with van der Waals surface area (Å²) in [7, 11) is 0. The van der Waals surface area contributed by atoms with Gasteiger partial charge in [-0.3, -0.25) is 9.59 Å². The van der Waals surface area contributed by atoms with Crippen LogP contribution < -0.4 is 4.90 Å². The van der Waals surface area contributed by atoms with Crippen LogP contribution >= 0.6 is 11.3 Å². The molecule has 3 fully saturated rings. The molecule has 31 heavy (non-hydrogen) atoms. The van der Waals surface area contributed by atoms with Crippen molar-refractivity contribution in [1.29, 1.82) is 0 Å². The standard InChI is InChI=1S/C23H28N2O5S/c26-20(24-10-12-30-13-11-24)15-25(22(27)17-4-2-1-3-5-17)19-14-18(9-8-16-6-7-16)31-21(19)23(28)29/h14,16-17H,1-7,10-13,15H2,(H,28,29). The number of rotatable bonds is 5. The summed E-state index contributed by atoms with van der Waals surface area (Å²) in [5.74, 6) is 5.01. The molecular weight excluding hydrogens is 416 g/mol. The smallest absolute Gasteiger partial charge is 0.348 e. The van der Waals surface area contributed by atoms with Crippen molar-refractivity contribution >= 4 is 34.8 Å². The van der Waals surface area contributed by atoms with Crippen molar-refractivity contribution in [1.82, 2.24) is 4.90 Å². The minimum Gasteiger partial charge on any atom is -0.477 e. The molecule has 1 aromatic heterocycles. The number of carboxylic acid groups (broad SMARTS) is 1. The first-order valence-electron chi connectivity index (χ1n) is 11.1. The predicted molar refractivity (Wildman–Crippen MR) is 117 cm³/mol. The number of aromatic carboxylic acids is 1. The number of anilines is 1. The van der Waals surface area contributed by atoms with Crippen LogP contribution in [0.3, 0.4) is 0 Å². The normalized spacial score (nSPS) is 19.4. The Hall–Kier alpha value is -2.37. The highest BCUT2D eigenvalue weighted by Crippen LogP contribution is 2.34. The second kappa shape index (κ2) is 9.84. The molecule has 2 aliphatic carbocycles. The number of thiophene rings is 1. The molecule has 4 rings (SSSR count). The third kappa shape index (κ3) is 5.46. The van der Waals surface area contributed by atoms with Crippen molar-refractivity contribution in [3.05, 3.63) is 15.8 Å². The molecule has 0 radical (unpaired) electrons. The van der Waals surface area contributed by atoms with E-state index in [0.717, 1.165) is 56.3 Å². The number of nitrogens with zero attached hydrogens (tertiary/aromatic N) is 2. The van der Waals surface area contributed by atoms with Crippen LogP contribution in [0, 0.1) is 23.7 Å². The van der Waals surface area contributed by atoms with Gasteiger partial charge in [0.2, 0.25) is 11.8 Å². The lowest BCUT2D eigenvalue weighted by Gasteiger charge is -2.32. The van der Waals surface area contributed by atoms with Crippen LogP contribution in [0.25, 0.3) is 0 Å². The summed E-state index contributed by atoms with van der Waals surface area (Å²) in [4.78, 5) is 42.2. The van der Waals surface area contributed by atoms with E-state index in [-0.39, 0.29) is 29.2 Å². The lowest BCUT2D eigenvalue weighted by Crippen LogP contribution is -2.48. The van der Waals surface area contributed by atoms with E-state index in [9.17, 15) is 19.5 Å². The topological polar surface area (TPSA) is 87.2 Å². The van der Waals surface area contributed by atoms with Crippen LogP contribution in [0.4, 0.5) is 5.69 Å². The maximum absolute atomic E-state index is 13.5. The van der Waals surface area contributed by atoms with Gasteiger partial charge < -0.3 is 19.6 Å². The van der Waals surface area contributed by atoms with E-state index in [2.05, 4.69) is 11.8 Å². The maximum Gasteiger partial charge on any atom is 0.348 e. The Kier molecular flexibility index (Phi) is 6.93. The second-order valence-electron chi connectivity index (χ2n) is 8.43. The Bertz CT molecular complexity index is 899. The first-order chi connectivity index (χ1) is 15.0. The zero-order valence-corrected chi connectivity index (χ0v) is 18.4. The summed E-state index contributed by atoms with van der Waals surface area (Å²) in [6.45, 7) is 1.77. The van der Waals surface area contributed by atoms with Crippen molar-refractivity contribution < 1.29 is 24.2 Å². The highest BCUT2D eigenvalue weighted by Gasteiger charge is 2.33. The Labute approximate surface area is 186 Å². The third-order valence-electron chi connectivity index (χ3n) is 6.05. The fraction of sp³-hybridized carbons (Fsp3) is 0.609. The molecule has 1 aromatic rings. The highest BCUT2D eigenvalue weighted by molar-refractivity contribution is 7.15. The lowest BCUT2D eigenvalue weighted by atomic mass is 9.88. The van der Waals surface area contributed by atoms with Crippen LogP contribution in [0.2, 0.25) is 0 Å². The van der Waals surface area contributed by atoms with E-state index in [1.807, 2.05) is 0 Å². The van der Waals surface area contributed by atoms with Gasteiger partial charge >= 0.3 is 5.97 Å². The highest BCUT2D eigenvalue weighted by atomic mass is 32.1. The quantitative estimate of drug-likeness (QED) is 0.706. The monoisotopic (exact) mass is 444 g/mol. The van der Waals surface area contributed by atoms with Gasteiger partial charge in [0.1, 0.15) is 11.4 Å². The van der Waals surface area contributed by atoms with Gasteiger partial charge in [0.15, 0.2) is 0 Å². The van der Waals surface area contributed by atoms with Gasteiger partial charge in [-0.05, 0) is 31.7 Å². The van der Waals surface area contributed by atoms with Gasteiger partial charge in [-0.15, -0.1) is 11.3 Å². The van der Waals surface area contributed by atoms with Gasteiger partial charge in [-0.25, -0.2) is 4.79 Å². The number of carbonyl (C=O) groups excluding carboxylic acids is 2. The molecule has 1 aliphatic heterocycles. The fourth-order valence-electron chi connectivity index (χ4n) is 4.10. The number of amides is 2. The van der Waals surface area contributed by atoms with E-state index in [4.69, 9.17) is 4.74 Å². The molecule has 0 bridgehead atoms. The molecule has 2 heterocycles. The molecule has 0 unspecified atom stereocenters. The molecule has 166 valence electrons. The van der Waals surface area contributed by atoms with Crippen LogP contribution in [0.1, 0.15) is 59.5 Å². The zero-order valence-electron chi connectivity index (χ0n) is 17.6. The molecule has 7 nitrogen and oxygen atoms in total. The van der Waals surface area contributed by atoms with E-state index in [1.54, 1.807) is 11.0 Å². The van der Waals surface area contributed by atoms with Crippen LogP contribution in [-0.4, -0.2) is 60.6 Å². The summed E-state index contributed by atoms with van der Waals surface area (Å²) in [6, 6.07) is 1.68. The van der Waals surface area contributed by atoms with Gasteiger partial charge in [0.05, 0.1) is 23.8 Å². The number of hydrogen-bond donors (Lipinski definition) is 1. The van der Waals surface area contributed by atoms with Gasteiger partial charge in [-0.1, -0.05) is 31.1 Å². The average Bonchev–Trinajstić information content (AvgIpc) is 3.53.